The summed E-state index contributed by atoms with van der Waals surface area (Å²) < 4.78 is 35.3. The Morgan fingerprint density at radius 2 is 1.87 bits per heavy atom. The molecule has 4 aliphatic heterocycles. The molecule has 1 aromatic carbocycles. The molecule has 4 fully saturated rings. The molecule has 0 amide bonds. The van der Waals surface area contributed by atoms with E-state index < -0.39 is 18.0 Å². The van der Waals surface area contributed by atoms with Crippen molar-refractivity contribution in [1.29, 1.82) is 0 Å². The van der Waals surface area contributed by atoms with Crippen molar-refractivity contribution in [1.82, 2.24) is 0 Å². The van der Waals surface area contributed by atoms with Gasteiger partial charge in [0.1, 0.15) is 30.5 Å². The van der Waals surface area contributed by atoms with E-state index in [1.54, 1.807) is 0 Å². The highest BCUT2D eigenvalue weighted by molar-refractivity contribution is 5.69. The van der Waals surface area contributed by atoms with E-state index >= 15 is 0 Å². The van der Waals surface area contributed by atoms with Gasteiger partial charge in [0.05, 0.1) is 39.0 Å². The van der Waals surface area contributed by atoms with Crippen LogP contribution in [-0.4, -0.2) is 73.3 Å². The van der Waals surface area contributed by atoms with Crippen LogP contribution in [0.2, 0.25) is 0 Å². The van der Waals surface area contributed by atoms with E-state index in [9.17, 15) is 9.90 Å². The second kappa shape index (κ2) is 8.18. The fourth-order valence-corrected chi connectivity index (χ4v) is 5.04. The van der Waals surface area contributed by atoms with E-state index in [1.165, 1.54) is 7.11 Å². The van der Waals surface area contributed by atoms with Crippen molar-refractivity contribution < 1.29 is 38.3 Å². The van der Waals surface area contributed by atoms with Crippen molar-refractivity contribution in [2.45, 2.75) is 80.8 Å². The zero-order valence-electron chi connectivity index (χ0n) is 17.0. The first kappa shape index (κ1) is 20.4. The van der Waals surface area contributed by atoms with Crippen LogP contribution in [-0.2, 0) is 39.8 Å². The molecule has 30 heavy (non-hydrogen) atoms. The van der Waals surface area contributed by atoms with Crippen LogP contribution in [0.3, 0.4) is 0 Å². The Morgan fingerprint density at radius 1 is 1.10 bits per heavy atom. The molecule has 164 valence electrons. The summed E-state index contributed by atoms with van der Waals surface area (Å²) in [4.78, 5) is 11.6. The summed E-state index contributed by atoms with van der Waals surface area (Å²) in [6.07, 6.45) is -0.670. The summed E-state index contributed by atoms with van der Waals surface area (Å²) in [5.41, 5.74) is 1.09. The van der Waals surface area contributed by atoms with Crippen molar-refractivity contribution in [3.63, 3.8) is 0 Å². The Labute approximate surface area is 175 Å². The number of rotatable bonds is 7. The Balaban J connectivity index is 1.21. The quantitative estimate of drug-likeness (QED) is 0.522. The maximum Gasteiger partial charge on any atom is 0.308 e. The van der Waals surface area contributed by atoms with E-state index in [-0.39, 0.29) is 42.9 Å². The third kappa shape index (κ3) is 3.55. The second-order valence-electron chi connectivity index (χ2n) is 8.43. The molecule has 4 aliphatic rings. The normalized spacial score (nSPS) is 41.5. The maximum atomic E-state index is 11.6. The zero-order valence-corrected chi connectivity index (χ0v) is 17.0. The van der Waals surface area contributed by atoms with E-state index in [0.29, 0.717) is 26.1 Å². The van der Waals surface area contributed by atoms with Crippen molar-refractivity contribution >= 4 is 5.97 Å². The molecule has 8 atom stereocenters. The van der Waals surface area contributed by atoms with Gasteiger partial charge in [0, 0.05) is 6.42 Å². The first-order valence-corrected chi connectivity index (χ1v) is 10.6. The van der Waals surface area contributed by atoms with E-state index in [4.69, 9.17) is 28.4 Å². The standard InChI is InChI=1S/C22H28O8/c1-25-16(23)11-14-7-8-15-17(27-14)18-19-20(28-15)21(24)22(29-18,30-19)9-10-26-12-13-5-3-2-4-6-13/h2-6,14-15,17-21,24H,7-12H2,1H3/t14-,15?,17+,18?,19+,20-,21-,22?/m1/s1. The van der Waals surface area contributed by atoms with Gasteiger partial charge in [-0.3, -0.25) is 4.79 Å². The lowest BCUT2D eigenvalue weighted by molar-refractivity contribution is -0.301. The first-order valence-electron chi connectivity index (χ1n) is 10.6. The van der Waals surface area contributed by atoms with Gasteiger partial charge in [0.2, 0.25) is 0 Å². The highest BCUT2D eigenvalue weighted by atomic mass is 16.8. The monoisotopic (exact) mass is 420 g/mol. The van der Waals surface area contributed by atoms with Gasteiger partial charge < -0.3 is 33.5 Å². The minimum atomic E-state index is -1.14. The van der Waals surface area contributed by atoms with Crippen LogP contribution >= 0.6 is 0 Å². The van der Waals surface area contributed by atoms with Crippen LogP contribution in [0.5, 0.6) is 0 Å². The topological polar surface area (TPSA) is 92.7 Å². The number of carbonyl (C=O) groups excluding carboxylic acids is 1. The molecular formula is C22H28O8. The second-order valence-corrected chi connectivity index (χ2v) is 8.43. The fourth-order valence-electron chi connectivity index (χ4n) is 5.04. The molecule has 1 N–H and O–H groups in total. The third-order valence-corrected chi connectivity index (χ3v) is 6.55. The molecule has 4 heterocycles. The molecular weight excluding hydrogens is 392 g/mol. The SMILES string of the molecule is COC(=O)C[C@H]1CCC2O[C@H]3[C@@H](O)C4(CCOCc5ccccc5)OC([C@H]2O1)[C@@H]3O4. The minimum Gasteiger partial charge on any atom is -0.469 e. The molecule has 3 unspecified atom stereocenters. The van der Waals surface area contributed by atoms with Gasteiger partial charge in [-0.2, -0.15) is 0 Å². The average molecular weight is 420 g/mol. The van der Waals surface area contributed by atoms with Gasteiger partial charge in [-0.1, -0.05) is 30.3 Å². The summed E-state index contributed by atoms with van der Waals surface area (Å²) in [7, 11) is 1.38. The first-order chi connectivity index (χ1) is 14.6. The number of methoxy groups -OCH3 is 1. The molecule has 8 nitrogen and oxygen atoms in total. The van der Waals surface area contributed by atoms with Gasteiger partial charge in [0.15, 0.2) is 5.79 Å². The molecule has 0 aromatic heterocycles. The van der Waals surface area contributed by atoms with Crippen molar-refractivity contribution in [2.75, 3.05) is 13.7 Å². The molecule has 0 radical (unpaired) electrons. The Bertz CT molecular complexity index is 757. The molecule has 8 heteroatoms. The van der Waals surface area contributed by atoms with Crippen molar-refractivity contribution in [3.8, 4) is 0 Å². The van der Waals surface area contributed by atoms with Crippen molar-refractivity contribution in [2.24, 2.45) is 0 Å². The lowest BCUT2D eigenvalue weighted by Gasteiger charge is -2.49. The highest BCUT2D eigenvalue weighted by Gasteiger charge is 2.70. The third-order valence-electron chi connectivity index (χ3n) is 6.55. The average Bonchev–Trinajstić information content (AvgIpc) is 3.29. The number of benzene rings is 1. The zero-order chi connectivity index (χ0) is 20.7. The van der Waals surface area contributed by atoms with Gasteiger partial charge in [-0.15, -0.1) is 0 Å². The minimum absolute atomic E-state index is 0.172. The van der Waals surface area contributed by atoms with Crippen LogP contribution < -0.4 is 0 Å². The summed E-state index contributed by atoms with van der Waals surface area (Å²) in [6, 6.07) is 9.92. The van der Waals surface area contributed by atoms with Crippen LogP contribution in [0.4, 0.5) is 0 Å². The number of ether oxygens (including phenoxy) is 6. The number of hydrogen-bond acceptors (Lipinski definition) is 8. The summed E-state index contributed by atoms with van der Waals surface area (Å²) in [5, 5.41) is 10.9. The molecule has 1 aromatic rings. The molecule has 2 bridgehead atoms. The van der Waals surface area contributed by atoms with Gasteiger partial charge in [-0.05, 0) is 18.4 Å². The lowest BCUT2D eigenvalue weighted by atomic mass is 9.85. The van der Waals surface area contributed by atoms with E-state index in [2.05, 4.69) is 0 Å². The molecule has 4 saturated heterocycles. The lowest BCUT2D eigenvalue weighted by Crippen LogP contribution is -2.65. The number of aliphatic hydroxyl groups excluding tert-OH is 1. The maximum absolute atomic E-state index is 11.6. The Morgan fingerprint density at radius 3 is 2.63 bits per heavy atom. The van der Waals surface area contributed by atoms with Crippen LogP contribution in [0, 0.1) is 0 Å². The van der Waals surface area contributed by atoms with Gasteiger partial charge in [-0.25, -0.2) is 0 Å². The predicted molar refractivity (Wildman–Crippen MR) is 102 cm³/mol. The molecule has 5 rings (SSSR count). The molecule has 0 aliphatic carbocycles. The van der Waals surface area contributed by atoms with E-state index in [1.807, 2.05) is 30.3 Å². The smallest absolute Gasteiger partial charge is 0.308 e. The van der Waals surface area contributed by atoms with Gasteiger partial charge >= 0.3 is 5.97 Å². The number of esters is 1. The van der Waals surface area contributed by atoms with Gasteiger partial charge in [0.25, 0.3) is 0 Å². The predicted octanol–water partition coefficient (Wildman–Crippen LogP) is 1.33. The van der Waals surface area contributed by atoms with Crippen LogP contribution in [0.25, 0.3) is 0 Å². The number of hydrogen-bond donors (Lipinski definition) is 1. The van der Waals surface area contributed by atoms with E-state index in [0.717, 1.165) is 12.0 Å². The Kier molecular flexibility index (Phi) is 5.55. The fraction of sp³-hybridized carbons (Fsp3) is 0.682. The summed E-state index contributed by atoms with van der Waals surface area (Å²) in [5.74, 6) is -1.43. The Hall–Kier alpha value is -1.55. The molecule has 0 spiro atoms. The number of aliphatic hydroxyl groups is 1. The largest absolute Gasteiger partial charge is 0.469 e. The highest BCUT2D eigenvalue weighted by Crippen LogP contribution is 2.52. The van der Waals surface area contributed by atoms with Crippen LogP contribution in [0.1, 0.15) is 31.2 Å². The number of carbonyl (C=O) groups is 1. The summed E-state index contributed by atoms with van der Waals surface area (Å²) >= 11 is 0. The summed E-state index contributed by atoms with van der Waals surface area (Å²) in [6.45, 7) is 0.876. The van der Waals surface area contributed by atoms with Crippen LogP contribution in [0.15, 0.2) is 30.3 Å². The number of fused-ring (bicyclic) bond motifs is 3. The van der Waals surface area contributed by atoms with Crippen molar-refractivity contribution in [3.05, 3.63) is 35.9 Å². The molecule has 0 saturated carbocycles.